The van der Waals surface area contributed by atoms with Gasteiger partial charge in [-0.15, -0.1) is 0 Å². The highest BCUT2D eigenvalue weighted by atomic mass is 16.5. The third-order valence-electron chi connectivity index (χ3n) is 2.54. The van der Waals surface area contributed by atoms with Crippen LogP contribution in [0.1, 0.15) is 32.3 Å². The fraction of sp³-hybridized carbons (Fsp3) is 0.429. The highest BCUT2D eigenvalue weighted by Crippen LogP contribution is 2.14. The van der Waals surface area contributed by atoms with Gasteiger partial charge >= 0.3 is 0 Å². The molecule has 1 atom stereocenters. The van der Waals surface area contributed by atoms with Gasteiger partial charge in [0.25, 0.3) is 5.91 Å². The molecule has 0 spiro atoms. The van der Waals surface area contributed by atoms with E-state index in [1.807, 2.05) is 6.07 Å². The number of ether oxygens (including phenoxy) is 1. The number of nitriles is 1. The molecule has 0 saturated heterocycles. The monoisotopic (exact) mass is 246 g/mol. The van der Waals surface area contributed by atoms with Crippen LogP contribution in [0, 0.1) is 11.3 Å². The SMILES string of the molecule is CCCCOC(C)C(=O)Nc1ccccc1C#N. The van der Waals surface area contributed by atoms with Crippen molar-refractivity contribution >= 4 is 11.6 Å². The summed E-state index contributed by atoms with van der Waals surface area (Å²) in [4.78, 5) is 11.8. The Morgan fingerprint density at radius 1 is 1.50 bits per heavy atom. The minimum absolute atomic E-state index is 0.228. The van der Waals surface area contributed by atoms with Crippen LogP contribution in [0.3, 0.4) is 0 Å². The first-order chi connectivity index (χ1) is 8.69. The van der Waals surface area contributed by atoms with Crippen LogP contribution < -0.4 is 5.32 Å². The van der Waals surface area contributed by atoms with Crippen molar-refractivity contribution in [3.8, 4) is 6.07 Å². The van der Waals surface area contributed by atoms with Crippen molar-refractivity contribution in [2.45, 2.75) is 32.8 Å². The molecule has 0 aliphatic heterocycles. The van der Waals surface area contributed by atoms with Gasteiger partial charge in [-0.05, 0) is 25.5 Å². The van der Waals surface area contributed by atoms with Gasteiger partial charge in [0.1, 0.15) is 12.2 Å². The summed E-state index contributed by atoms with van der Waals surface area (Å²) in [6.45, 7) is 4.35. The van der Waals surface area contributed by atoms with E-state index in [-0.39, 0.29) is 5.91 Å². The zero-order valence-corrected chi connectivity index (χ0v) is 10.8. The molecule has 1 aromatic rings. The van der Waals surface area contributed by atoms with Gasteiger partial charge in [0, 0.05) is 6.61 Å². The second-order valence-electron chi connectivity index (χ2n) is 4.01. The molecule has 1 N–H and O–H groups in total. The molecule has 0 saturated carbocycles. The quantitative estimate of drug-likeness (QED) is 0.785. The zero-order chi connectivity index (χ0) is 13.4. The molecule has 1 unspecified atom stereocenters. The number of unbranched alkanes of at least 4 members (excludes halogenated alkanes) is 1. The fourth-order valence-corrected chi connectivity index (χ4v) is 1.40. The minimum Gasteiger partial charge on any atom is -0.369 e. The summed E-state index contributed by atoms with van der Waals surface area (Å²) in [6, 6.07) is 8.94. The lowest BCUT2D eigenvalue weighted by Gasteiger charge is -2.13. The van der Waals surface area contributed by atoms with Crippen LogP contribution in [0.25, 0.3) is 0 Å². The second kappa shape index (κ2) is 7.46. The molecule has 4 nitrogen and oxygen atoms in total. The lowest BCUT2D eigenvalue weighted by molar-refractivity contribution is -0.126. The maximum Gasteiger partial charge on any atom is 0.253 e. The topological polar surface area (TPSA) is 62.1 Å². The molecule has 0 bridgehead atoms. The van der Waals surface area contributed by atoms with Crippen LogP contribution in [0.4, 0.5) is 5.69 Å². The molecule has 0 radical (unpaired) electrons. The van der Waals surface area contributed by atoms with E-state index >= 15 is 0 Å². The van der Waals surface area contributed by atoms with Crippen LogP contribution in [-0.4, -0.2) is 18.6 Å². The fourth-order valence-electron chi connectivity index (χ4n) is 1.40. The van der Waals surface area contributed by atoms with Crippen molar-refractivity contribution < 1.29 is 9.53 Å². The summed E-state index contributed by atoms with van der Waals surface area (Å²) >= 11 is 0. The Labute approximate surface area is 108 Å². The van der Waals surface area contributed by atoms with E-state index in [2.05, 4.69) is 12.2 Å². The predicted molar refractivity (Wildman–Crippen MR) is 70.1 cm³/mol. The first-order valence-corrected chi connectivity index (χ1v) is 6.10. The van der Waals surface area contributed by atoms with Gasteiger partial charge in [-0.2, -0.15) is 5.26 Å². The lowest BCUT2D eigenvalue weighted by atomic mass is 10.2. The van der Waals surface area contributed by atoms with E-state index in [0.717, 1.165) is 12.8 Å². The number of anilines is 1. The highest BCUT2D eigenvalue weighted by molar-refractivity contribution is 5.95. The summed E-state index contributed by atoms with van der Waals surface area (Å²) < 4.78 is 5.39. The number of nitrogens with one attached hydrogen (secondary N) is 1. The summed E-state index contributed by atoms with van der Waals surface area (Å²) in [6.07, 6.45) is 1.46. The number of hydrogen-bond donors (Lipinski definition) is 1. The van der Waals surface area contributed by atoms with Crippen molar-refractivity contribution in [3.05, 3.63) is 29.8 Å². The van der Waals surface area contributed by atoms with E-state index < -0.39 is 6.10 Å². The molecule has 0 aliphatic rings. The smallest absolute Gasteiger partial charge is 0.253 e. The van der Waals surface area contributed by atoms with Crippen LogP contribution in [0.15, 0.2) is 24.3 Å². The Bertz CT molecular complexity index is 438. The number of benzene rings is 1. The van der Waals surface area contributed by atoms with Gasteiger partial charge in [0.2, 0.25) is 0 Å². The molecule has 18 heavy (non-hydrogen) atoms. The average molecular weight is 246 g/mol. The third-order valence-corrected chi connectivity index (χ3v) is 2.54. The third kappa shape index (κ3) is 4.19. The molecule has 0 aromatic heterocycles. The van der Waals surface area contributed by atoms with Gasteiger partial charge in [-0.1, -0.05) is 25.5 Å². The molecule has 0 fully saturated rings. The van der Waals surface area contributed by atoms with Crippen molar-refractivity contribution in [3.63, 3.8) is 0 Å². The summed E-state index contributed by atoms with van der Waals surface area (Å²) in [5.41, 5.74) is 0.975. The van der Waals surface area contributed by atoms with E-state index in [0.29, 0.717) is 17.9 Å². The maximum absolute atomic E-state index is 11.8. The van der Waals surface area contributed by atoms with Crippen LogP contribution >= 0.6 is 0 Å². The van der Waals surface area contributed by atoms with Crippen molar-refractivity contribution in [1.82, 2.24) is 0 Å². The molecule has 0 heterocycles. The molecule has 1 amide bonds. The average Bonchev–Trinajstić information content (AvgIpc) is 2.39. The number of nitrogens with zero attached hydrogens (tertiary/aromatic N) is 1. The number of carbonyl (C=O) groups is 1. The summed E-state index contributed by atoms with van der Waals surface area (Å²) in [7, 11) is 0. The van der Waals surface area contributed by atoms with Crippen LogP contribution in [0.5, 0.6) is 0 Å². The summed E-state index contributed by atoms with van der Waals surface area (Å²) in [5, 5.41) is 11.6. The number of rotatable bonds is 6. The van der Waals surface area contributed by atoms with E-state index in [1.165, 1.54) is 0 Å². The largest absolute Gasteiger partial charge is 0.369 e. The lowest BCUT2D eigenvalue weighted by Crippen LogP contribution is -2.28. The molecule has 1 aromatic carbocycles. The Kier molecular flexibility index (Phi) is 5.89. The highest BCUT2D eigenvalue weighted by Gasteiger charge is 2.14. The number of hydrogen-bond acceptors (Lipinski definition) is 3. The first-order valence-electron chi connectivity index (χ1n) is 6.10. The Morgan fingerprint density at radius 3 is 2.89 bits per heavy atom. The molecule has 4 heteroatoms. The van der Waals surface area contributed by atoms with E-state index in [1.54, 1.807) is 31.2 Å². The molecular formula is C14H18N2O2. The van der Waals surface area contributed by atoms with Gasteiger partial charge in [-0.3, -0.25) is 4.79 Å². The van der Waals surface area contributed by atoms with Crippen molar-refractivity contribution in [1.29, 1.82) is 5.26 Å². The van der Waals surface area contributed by atoms with Crippen LogP contribution in [0.2, 0.25) is 0 Å². The van der Waals surface area contributed by atoms with Gasteiger partial charge < -0.3 is 10.1 Å². The predicted octanol–water partition coefficient (Wildman–Crippen LogP) is 2.70. The Morgan fingerprint density at radius 2 is 2.22 bits per heavy atom. The second-order valence-corrected chi connectivity index (χ2v) is 4.01. The minimum atomic E-state index is -0.511. The Balaban J connectivity index is 2.56. The normalized spacial score (nSPS) is 11.6. The van der Waals surface area contributed by atoms with Crippen LogP contribution in [-0.2, 0) is 9.53 Å². The summed E-state index contributed by atoms with van der Waals surface area (Å²) in [5.74, 6) is -0.228. The molecule has 0 aliphatic carbocycles. The number of carbonyl (C=O) groups excluding carboxylic acids is 1. The van der Waals surface area contributed by atoms with Gasteiger partial charge in [0.05, 0.1) is 11.3 Å². The van der Waals surface area contributed by atoms with Gasteiger partial charge in [0.15, 0.2) is 0 Å². The maximum atomic E-state index is 11.8. The molecule has 1 rings (SSSR count). The number of para-hydroxylation sites is 1. The molecular weight excluding hydrogens is 228 g/mol. The van der Waals surface area contributed by atoms with Crippen molar-refractivity contribution in [2.24, 2.45) is 0 Å². The number of amides is 1. The van der Waals surface area contributed by atoms with Gasteiger partial charge in [-0.25, -0.2) is 0 Å². The first kappa shape index (κ1) is 14.2. The van der Waals surface area contributed by atoms with Crippen molar-refractivity contribution in [2.75, 3.05) is 11.9 Å². The standard InChI is InChI=1S/C14H18N2O2/c1-3-4-9-18-11(2)14(17)16-13-8-6-5-7-12(13)10-15/h5-8,11H,3-4,9H2,1-2H3,(H,16,17). The Hall–Kier alpha value is -1.86. The van der Waals surface area contributed by atoms with E-state index in [4.69, 9.17) is 10.00 Å². The van der Waals surface area contributed by atoms with E-state index in [9.17, 15) is 4.79 Å². The zero-order valence-electron chi connectivity index (χ0n) is 10.8. The molecule has 96 valence electrons.